The van der Waals surface area contributed by atoms with Crippen LogP contribution in [0.25, 0.3) is 17.4 Å². The molecular formula is C28H20Cl2N2O2S. The number of hydrogen-bond acceptors (Lipinski definition) is 4. The molecule has 0 aliphatic carbocycles. The molecule has 3 aromatic carbocycles. The lowest BCUT2D eigenvalue weighted by molar-refractivity contribution is -0.122. The number of benzene rings is 3. The molecule has 2 heterocycles. The zero-order valence-electron chi connectivity index (χ0n) is 18.7. The molecule has 0 atom stereocenters. The first-order chi connectivity index (χ1) is 17.0. The van der Waals surface area contributed by atoms with Crippen LogP contribution in [0, 0.1) is 6.92 Å². The van der Waals surface area contributed by atoms with E-state index < -0.39 is 0 Å². The van der Waals surface area contributed by atoms with Crippen LogP contribution in [0.5, 0.6) is 0 Å². The topological polar surface area (TPSA) is 45.8 Å². The van der Waals surface area contributed by atoms with Crippen LogP contribution < -0.4 is 0 Å². The minimum Gasteiger partial charge on any atom is -0.457 e. The molecule has 0 N–H and O–H groups in total. The largest absolute Gasteiger partial charge is 0.457 e. The van der Waals surface area contributed by atoms with Crippen LogP contribution in [-0.2, 0) is 11.3 Å². The summed E-state index contributed by atoms with van der Waals surface area (Å²) in [6.45, 7) is 2.46. The van der Waals surface area contributed by atoms with Gasteiger partial charge in [0, 0.05) is 16.7 Å². The van der Waals surface area contributed by atoms with E-state index in [0.29, 0.717) is 43.7 Å². The second kappa shape index (κ2) is 10.2. The fourth-order valence-corrected chi connectivity index (χ4v) is 4.98. The molecule has 1 aliphatic heterocycles. The summed E-state index contributed by atoms with van der Waals surface area (Å²) in [7, 11) is 0. The predicted molar refractivity (Wildman–Crippen MR) is 145 cm³/mol. The molecule has 174 valence electrons. The van der Waals surface area contributed by atoms with Gasteiger partial charge in [0.05, 0.1) is 22.2 Å². The number of amidine groups is 1. The average molecular weight is 519 g/mol. The zero-order chi connectivity index (χ0) is 24.4. The molecule has 0 spiro atoms. The molecule has 7 heteroatoms. The normalized spacial score (nSPS) is 16.0. The van der Waals surface area contributed by atoms with Crippen LogP contribution in [0.2, 0.25) is 10.0 Å². The van der Waals surface area contributed by atoms with Gasteiger partial charge in [0.2, 0.25) is 0 Å². The summed E-state index contributed by atoms with van der Waals surface area (Å²) in [6, 6.07) is 26.6. The number of hydrogen-bond donors (Lipinski definition) is 0. The first-order valence-electron chi connectivity index (χ1n) is 10.9. The Labute approximate surface area is 217 Å². The summed E-state index contributed by atoms with van der Waals surface area (Å²) in [5, 5.41) is 1.73. The molecule has 1 saturated heterocycles. The third kappa shape index (κ3) is 5.38. The number of halogens is 2. The van der Waals surface area contributed by atoms with Crippen molar-refractivity contribution in [3.63, 3.8) is 0 Å². The molecule has 0 unspecified atom stereocenters. The molecular weight excluding hydrogens is 499 g/mol. The van der Waals surface area contributed by atoms with Gasteiger partial charge in [0.15, 0.2) is 5.17 Å². The van der Waals surface area contributed by atoms with Crippen LogP contribution in [0.1, 0.15) is 16.9 Å². The second-order valence-electron chi connectivity index (χ2n) is 8.04. The maximum atomic E-state index is 13.4. The number of aliphatic imine (C=N–C) groups is 1. The number of carbonyl (C=O) groups is 1. The molecule has 1 aliphatic rings. The Morgan fingerprint density at radius 3 is 2.51 bits per heavy atom. The highest BCUT2D eigenvalue weighted by Crippen LogP contribution is 2.37. The van der Waals surface area contributed by atoms with Gasteiger partial charge in [0.25, 0.3) is 5.91 Å². The van der Waals surface area contributed by atoms with Crippen LogP contribution in [0.4, 0.5) is 5.69 Å². The molecule has 0 bridgehead atoms. The van der Waals surface area contributed by atoms with E-state index in [-0.39, 0.29) is 5.91 Å². The van der Waals surface area contributed by atoms with Crippen molar-refractivity contribution in [1.29, 1.82) is 0 Å². The maximum absolute atomic E-state index is 13.4. The average Bonchev–Trinajstić information content (AvgIpc) is 3.43. The highest BCUT2D eigenvalue weighted by atomic mass is 35.5. The van der Waals surface area contributed by atoms with Crippen molar-refractivity contribution in [2.24, 2.45) is 4.99 Å². The molecule has 5 rings (SSSR count). The number of carbonyl (C=O) groups excluding carboxylic acids is 1. The second-order valence-corrected chi connectivity index (χ2v) is 9.90. The van der Waals surface area contributed by atoms with Crippen LogP contribution >= 0.6 is 35.0 Å². The number of amides is 1. The van der Waals surface area contributed by atoms with Gasteiger partial charge >= 0.3 is 0 Å². The summed E-state index contributed by atoms with van der Waals surface area (Å²) in [6.07, 6.45) is 1.74. The number of aryl methyl sites for hydroxylation is 1. The molecule has 35 heavy (non-hydrogen) atoms. The quantitative estimate of drug-likeness (QED) is 0.249. The number of thioether (sulfide) groups is 1. The fourth-order valence-electron chi connectivity index (χ4n) is 3.62. The molecule has 1 fully saturated rings. The van der Waals surface area contributed by atoms with Gasteiger partial charge in [-0.3, -0.25) is 9.69 Å². The minimum atomic E-state index is -0.122. The fraction of sp³-hybridized carbons (Fsp3) is 0.0714. The van der Waals surface area contributed by atoms with E-state index in [1.165, 1.54) is 11.8 Å². The van der Waals surface area contributed by atoms with Gasteiger partial charge in [-0.1, -0.05) is 71.2 Å². The zero-order valence-corrected chi connectivity index (χ0v) is 21.1. The Morgan fingerprint density at radius 2 is 1.74 bits per heavy atom. The first kappa shape index (κ1) is 23.5. The van der Waals surface area contributed by atoms with Gasteiger partial charge in [0.1, 0.15) is 11.5 Å². The Bertz CT molecular complexity index is 1440. The van der Waals surface area contributed by atoms with E-state index in [2.05, 4.69) is 0 Å². The Kier molecular flexibility index (Phi) is 6.82. The molecule has 1 amide bonds. The van der Waals surface area contributed by atoms with Crippen molar-refractivity contribution in [1.82, 2.24) is 4.90 Å². The Morgan fingerprint density at radius 1 is 0.971 bits per heavy atom. The SMILES string of the molecule is Cc1ccc(N=C2S/C(=C/c3ccc(-c4cc(Cl)ccc4Cl)o3)C(=O)N2Cc2ccccc2)cc1. The number of rotatable bonds is 5. The van der Waals surface area contributed by atoms with Gasteiger partial charge in [-0.25, -0.2) is 4.99 Å². The molecule has 4 aromatic rings. The molecule has 0 saturated carbocycles. The summed E-state index contributed by atoms with van der Waals surface area (Å²) < 4.78 is 5.99. The van der Waals surface area contributed by atoms with Crippen molar-refractivity contribution >= 4 is 57.8 Å². The third-order valence-corrected chi connectivity index (χ3v) is 7.00. The lowest BCUT2D eigenvalue weighted by Gasteiger charge is -2.15. The first-order valence-corrected chi connectivity index (χ1v) is 12.5. The van der Waals surface area contributed by atoms with Crippen molar-refractivity contribution in [2.45, 2.75) is 13.5 Å². The van der Waals surface area contributed by atoms with E-state index in [1.54, 1.807) is 29.2 Å². The summed E-state index contributed by atoms with van der Waals surface area (Å²) in [5.74, 6) is 1.00. The summed E-state index contributed by atoms with van der Waals surface area (Å²) in [4.78, 5) is 20.4. The standard InChI is InChI=1S/C28H20Cl2N2O2S/c1-18-7-10-21(11-8-18)31-28-32(17-19-5-3-2-4-6-19)27(33)26(35-28)16-22-12-14-25(34-22)23-15-20(29)9-13-24(23)30/h2-16H,17H2,1H3/b26-16+,31-28?. The van der Waals surface area contributed by atoms with Gasteiger partial charge < -0.3 is 4.42 Å². The van der Waals surface area contributed by atoms with Crippen LogP contribution in [-0.4, -0.2) is 16.0 Å². The molecule has 4 nitrogen and oxygen atoms in total. The van der Waals surface area contributed by atoms with Gasteiger partial charge in [-0.05, 0) is 66.7 Å². The molecule has 1 aromatic heterocycles. The van der Waals surface area contributed by atoms with Crippen LogP contribution in [0.3, 0.4) is 0 Å². The Balaban J connectivity index is 1.47. The number of nitrogens with zero attached hydrogens (tertiary/aromatic N) is 2. The predicted octanol–water partition coefficient (Wildman–Crippen LogP) is 8.37. The maximum Gasteiger partial charge on any atom is 0.267 e. The smallest absolute Gasteiger partial charge is 0.267 e. The van der Waals surface area contributed by atoms with Gasteiger partial charge in [-0.2, -0.15) is 0 Å². The van der Waals surface area contributed by atoms with E-state index in [0.717, 1.165) is 16.8 Å². The lowest BCUT2D eigenvalue weighted by Crippen LogP contribution is -2.28. The van der Waals surface area contributed by atoms with E-state index >= 15 is 0 Å². The summed E-state index contributed by atoms with van der Waals surface area (Å²) >= 11 is 13.8. The van der Waals surface area contributed by atoms with Crippen molar-refractivity contribution in [3.8, 4) is 11.3 Å². The minimum absolute atomic E-state index is 0.122. The Hall–Kier alpha value is -3.25. The van der Waals surface area contributed by atoms with Crippen molar-refractivity contribution < 1.29 is 9.21 Å². The third-order valence-electron chi connectivity index (χ3n) is 5.42. The van der Waals surface area contributed by atoms with Crippen molar-refractivity contribution in [3.05, 3.63) is 117 Å². The molecule has 0 radical (unpaired) electrons. The monoisotopic (exact) mass is 518 g/mol. The lowest BCUT2D eigenvalue weighted by atomic mass is 10.2. The van der Waals surface area contributed by atoms with Gasteiger partial charge in [-0.15, -0.1) is 0 Å². The number of furan rings is 1. The van der Waals surface area contributed by atoms with Crippen LogP contribution in [0.15, 0.2) is 99.2 Å². The van der Waals surface area contributed by atoms with E-state index in [4.69, 9.17) is 32.6 Å². The highest BCUT2D eigenvalue weighted by Gasteiger charge is 2.33. The van der Waals surface area contributed by atoms with E-state index in [9.17, 15) is 4.79 Å². The summed E-state index contributed by atoms with van der Waals surface area (Å²) in [5.41, 5.74) is 3.66. The van der Waals surface area contributed by atoms with Crippen molar-refractivity contribution in [2.75, 3.05) is 0 Å². The van der Waals surface area contributed by atoms with E-state index in [1.807, 2.05) is 73.7 Å². The highest BCUT2D eigenvalue weighted by molar-refractivity contribution is 8.18.